The average molecular weight is 553 g/mol. The van der Waals surface area contributed by atoms with Gasteiger partial charge >= 0.3 is 0 Å². The number of carbonyl (C=O) groups excluding carboxylic acids is 1. The van der Waals surface area contributed by atoms with Crippen LogP contribution in [-0.4, -0.2) is 24.0 Å². The van der Waals surface area contributed by atoms with E-state index in [9.17, 15) is 17.8 Å². The molecule has 0 bridgehead atoms. The number of hydrogen-bond acceptors (Lipinski definition) is 8. The Bertz CT molecular complexity index is 1520. The Labute approximate surface area is 213 Å². The summed E-state index contributed by atoms with van der Waals surface area (Å²) >= 11 is 12.7. The van der Waals surface area contributed by atoms with E-state index in [4.69, 9.17) is 33.2 Å². The smallest absolute Gasteiger partial charge is 0.294 e. The zero-order chi connectivity index (χ0) is 25.2. The number of ketones is 1. The minimum Gasteiger partial charge on any atom is -0.456 e. The highest BCUT2D eigenvalue weighted by molar-refractivity contribution is 7.94. The Hall–Kier alpha value is -2.67. The highest BCUT2D eigenvalue weighted by atomic mass is 35.5. The van der Waals surface area contributed by atoms with Gasteiger partial charge in [-0.2, -0.15) is 8.42 Å². The van der Waals surface area contributed by atoms with Crippen molar-refractivity contribution >= 4 is 61.9 Å². The van der Waals surface area contributed by atoms with E-state index < -0.39 is 10.1 Å². The normalized spacial score (nSPS) is 11.5. The van der Waals surface area contributed by atoms with Gasteiger partial charge in [0.25, 0.3) is 10.1 Å². The molecule has 0 aliphatic carbocycles. The fourth-order valence-corrected chi connectivity index (χ4v) is 4.57. The summed E-state index contributed by atoms with van der Waals surface area (Å²) in [4.78, 5) is 12.8. The number of carbonyl (C=O) groups is 1. The molecule has 0 aromatic heterocycles. The number of rotatable bonds is 8. The molecule has 0 atom stereocenters. The lowest BCUT2D eigenvalue weighted by Crippen LogP contribution is -2.02. The van der Waals surface area contributed by atoms with Crippen molar-refractivity contribution in [2.45, 2.75) is 9.79 Å². The standard InChI is InChI=1S/C23H14Cl2O8S2/c24-16-4-8-20(25)19(12-16)23(26)13-1-5-17(6-2-13)31-21-10-14-3-7-18(35(28,29)30)9-15(14)11-22(21)34-33-32-27/h1-12,27H,(H,28,29,30). The van der Waals surface area contributed by atoms with Crippen LogP contribution in [0.5, 0.6) is 11.5 Å². The summed E-state index contributed by atoms with van der Waals surface area (Å²) in [6.07, 6.45) is 0. The van der Waals surface area contributed by atoms with E-state index in [2.05, 4.69) is 9.37 Å². The molecule has 0 saturated heterocycles. The molecular formula is C23H14Cl2O8S2. The molecule has 4 aromatic rings. The maximum atomic E-state index is 12.8. The minimum absolute atomic E-state index is 0.270. The van der Waals surface area contributed by atoms with Crippen molar-refractivity contribution in [1.82, 2.24) is 0 Å². The van der Waals surface area contributed by atoms with E-state index in [1.165, 1.54) is 30.3 Å². The molecule has 4 aromatic carbocycles. The van der Waals surface area contributed by atoms with Crippen molar-refractivity contribution in [3.05, 3.63) is 94.0 Å². The molecule has 0 aliphatic rings. The monoisotopic (exact) mass is 552 g/mol. The van der Waals surface area contributed by atoms with Crippen LogP contribution < -0.4 is 4.74 Å². The summed E-state index contributed by atoms with van der Waals surface area (Å²) in [7, 11) is -4.40. The third-order valence-corrected chi connectivity index (χ3v) is 6.89. The van der Waals surface area contributed by atoms with Gasteiger partial charge in [0.1, 0.15) is 11.5 Å². The summed E-state index contributed by atoms with van der Waals surface area (Å²) in [6.45, 7) is 0. The predicted molar refractivity (Wildman–Crippen MR) is 131 cm³/mol. The molecule has 0 amide bonds. The molecule has 0 spiro atoms. The topological polar surface area (TPSA) is 119 Å². The summed E-state index contributed by atoms with van der Waals surface area (Å²) in [5.74, 6) is 0.352. The molecule has 4 rings (SSSR count). The van der Waals surface area contributed by atoms with Crippen LogP contribution in [0.1, 0.15) is 15.9 Å². The van der Waals surface area contributed by atoms with Gasteiger partial charge in [-0.25, -0.2) is 5.26 Å². The number of ether oxygens (including phenoxy) is 1. The van der Waals surface area contributed by atoms with Gasteiger partial charge in [0, 0.05) is 16.1 Å². The lowest BCUT2D eigenvalue weighted by atomic mass is 10.0. The first-order valence-electron chi connectivity index (χ1n) is 9.63. The van der Waals surface area contributed by atoms with Gasteiger partial charge < -0.3 is 4.74 Å². The molecule has 0 saturated carbocycles. The largest absolute Gasteiger partial charge is 0.456 e. The molecule has 0 unspecified atom stereocenters. The molecule has 0 heterocycles. The first kappa shape index (κ1) is 25.4. The van der Waals surface area contributed by atoms with Gasteiger partial charge in [-0.3, -0.25) is 9.35 Å². The summed E-state index contributed by atoms with van der Waals surface area (Å²) in [6, 6.07) is 18.1. The molecule has 0 radical (unpaired) electrons. The molecule has 35 heavy (non-hydrogen) atoms. The van der Waals surface area contributed by atoms with Crippen molar-refractivity contribution in [2.75, 3.05) is 0 Å². The lowest BCUT2D eigenvalue weighted by molar-refractivity contribution is -0.432. The minimum atomic E-state index is -4.40. The van der Waals surface area contributed by atoms with Gasteiger partial charge in [-0.1, -0.05) is 34.3 Å². The Morgan fingerprint density at radius 3 is 2.31 bits per heavy atom. The molecular weight excluding hydrogens is 539 g/mol. The predicted octanol–water partition coefficient (Wildman–Crippen LogP) is 6.84. The Kier molecular flexibility index (Phi) is 7.64. The van der Waals surface area contributed by atoms with Gasteiger partial charge in [0.2, 0.25) is 0 Å². The average Bonchev–Trinajstić information content (AvgIpc) is 2.83. The highest BCUT2D eigenvalue weighted by Gasteiger charge is 2.16. The van der Waals surface area contributed by atoms with Crippen LogP contribution in [0.2, 0.25) is 10.0 Å². The summed E-state index contributed by atoms with van der Waals surface area (Å²) in [5, 5.41) is 13.9. The summed E-state index contributed by atoms with van der Waals surface area (Å²) in [5.41, 5.74) is 0.635. The van der Waals surface area contributed by atoms with Crippen molar-refractivity contribution in [2.24, 2.45) is 0 Å². The second-order valence-electron chi connectivity index (χ2n) is 7.09. The van der Waals surface area contributed by atoms with Crippen LogP contribution in [0.25, 0.3) is 10.8 Å². The zero-order valence-corrected chi connectivity index (χ0v) is 20.5. The molecule has 12 heteroatoms. The van der Waals surface area contributed by atoms with Crippen LogP contribution in [0.15, 0.2) is 82.6 Å². The van der Waals surface area contributed by atoms with Crippen LogP contribution in [-0.2, 0) is 19.5 Å². The maximum absolute atomic E-state index is 12.8. The zero-order valence-electron chi connectivity index (χ0n) is 17.3. The Morgan fingerprint density at radius 2 is 1.63 bits per heavy atom. The number of fused-ring (bicyclic) bond motifs is 1. The Balaban J connectivity index is 1.65. The van der Waals surface area contributed by atoms with E-state index in [-0.39, 0.29) is 27.0 Å². The van der Waals surface area contributed by atoms with Crippen LogP contribution in [0.3, 0.4) is 0 Å². The first-order valence-corrected chi connectivity index (χ1v) is 12.6. The van der Waals surface area contributed by atoms with Gasteiger partial charge in [0.05, 0.1) is 26.9 Å². The van der Waals surface area contributed by atoms with Gasteiger partial charge in [0.15, 0.2) is 5.78 Å². The number of hydrogen-bond donors (Lipinski definition) is 2. The number of benzene rings is 4. The third kappa shape index (κ3) is 5.95. The van der Waals surface area contributed by atoms with E-state index in [0.717, 1.165) is 0 Å². The van der Waals surface area contributed by atoms with Crippen LogP contribution in [0.4, 0.5) is 0 Å². The molecule has 8 nitrogen and oxygen atoms in total. The van der Waals surface area contributed by atoms with E-state index in [0.29, 0.717) is 44.0 Å². The maximum Gasteiger partial charge on any atom is 0.294 e. The molecule has 2 N–H and O–H groups in total. The fraction of sp³-hybridized carbons (Fsp3) is 0. The summed E-state index contributed by atoms with van der Waals surface area (Å²) < 4.78 is 42.7. The van der Waals surface area contributed by atoms with Crippen molar-refractivity contribution in [3.63, 3.8) is 0 Å². The van der Waals surface area contributed by atoms with E-state index in [1.807, 2.05) is 0 Å². The first-order chi connectivity index (χ1) is 16.7. The highest BCUT2D eigenvalue weighted by Crippen LogP contribution is 2.38. The van der Waals surface area contributed by atoms with E-state index >= 15 is 0 Å². The van der Waals surface area contributed by atoms with Crippen LogP contribution >= 0.6 is 35.2 Å². The number of halogens is 2. The second-order valence-corrected chi connectivity index (χ2v) is 10.1. The van der Waals surface area contributed by atoms with E-state index in [1.54, 1.807) is 42.5 Å². The van der Waals surface area contributed by atoms with Gasteiger partial charge in [-0.05, 0) is 77.5 Å². The molecule has 0 aliphatic heterocycles. The Morgan fingerprint density at radius 1 is 0.886 bits per heavy atom. The van der Waals surface area contributed by atoms with Crippen LogP contribution in [0, 0.1) is 0 Å². The van der Waals surface area contributed by atoms with Gasteiger partial charge in [-0.15, -0.1) is 4.33 Å². The lowest BCUT2D eigenvalue weighted by Gasteiger charge is -2.12. The SMILES string of the molecule is O=C(c1ccc(Oc2cc3ccc(S(=O)(=O)O)cc3cc2SOOO)cc1)c1cc(Cl)ccc1Cl. The van der Waals surface area contributed by atoms with Crippen molar-refractivity contribution in [3.8, 4) is 11.5 Å². The molecule has 0 fully saturated rings. The third-order valence-electron chi connectivity index (χ3n) is 4.84. The fourth-order valence-electron chi connectivity index (χ4n) is 3.22. The quantitative estimate of drug-likeness (QED) is 0.0794. The van der Waals surface area contributed by atoms with Crippen molar-refractivity contribution in [1.29, 1.82) is 0 Å². The van der Waals surface area contributed by atoms with Crippen molar-refractivity contribution < 1.29 is 37.1 Å². The molecule has 180 valence electrons. The second kappa shape index (κ2) is 10.5.